The van der Waals surface area contributed by atoms with Crippen LogP contribution in [-0.2, 0) is 10.2 Å². The first kappa shape index (κ1) is 23.9. The largest absolute Gasteiger partial charge is 0.387 e. The summed E-state index contributed by atoms with van der Waals surface area (Å²) in [6, 6.07) is 13.5. The van der Waals surface area contributed by atoms with E-state index in [9.17, 15) is 15.2 Å². The number of aliphatic hydroxyl groups excluding tert-OH is 1. The molecule has 36 heavy (non-hydrogen) atoms. The highest BCUT2D eigenvalue weighted by Gasteiger charge is 2.35. The Balaban J connectivity index is 1.44. The molecule has 4 heterocycles. The predicted octanol–water partition coefficient (Wildman–Crippen LogP) is 4.15. The van der Waals surface area contributed by atoms with Gasteiger partial charge in [-0.05, 0) is 62.2 Å². The van der Waals surface area contributed by atoms with Crippen LogP contribution in [0.5, 0.6) is 0 Å². The standard InChI is InChI=1S/C28H29N5O3/c1-17-4-5-20(32-27(35)18-6-7-30-25(11-18)28(2,3)16-29)12-22(17)19-10-23-26(31-14-19)24(34)13-21-15-36-9-8-33(21)23/h4-7,10-12,14,21,24,34H,8-9,13,15H2,1-3H3,(H,32,35)/t21-,24-/m1/s1. The molecule has 1 saturated heterocycles. The highest BCUT2D eigenvalue weighted by molar-refractivity contribution is 6.04. The number of carbonyl (C=O) groups is 1. The zero-order valence-electron chi connectivity index (χ0n) is 20.7. The number of hydrogen-bond acceptors (Lipinski definition) is 7. The second-order valence-corrected chi connectivity index (χ2v) is 9.95. The summed E-state index contributed by atoms with van der Waals surface area (Å²) in [5.74, 6) is -0.273. The van der Waals surface area contributed by atoms with E-state index in [1.54, 1.807) is 38.4 Å². The Morgan fingerprint density at radius 1 is 1.25 bits per heavy atom. The average molecular weight is 484 g/mol. The van der Waals surface area contributed by atoms with Crippen molar-refractivity contribution in [1.29, 1.82) is 5.26 Å². The van der Waals surface area contributed by atoms with Crippen molar-refractivity contribution < 1.29 is 14.6 Å². The first-order valence-electron chi connectivity index (χ1n) is 12.1. The van der Waals surface area contributed by atoms with Gasteiger partial charge in [-0.2, -0.15) is 5.26 Å². The number of nitrogens with one attached hydrogen (secondary N) is 1. The molecule has 0 spiro atoms. The summed E-state index contributed by atoms with van der Waals surface area (Å²) in [7, 11) is 0. The average Bonchev–Trinajstić information content (AvgIpc) is 2.89. The Bertz CT molecular complexity index is 1360. The van der Waals surface area contributed by atoms with Crippen LogP contribution < -0.4 is 10.2 Å². The van der Waals surface area contributed by atoms with Gasteiger partial charge in [0.1, 0.15) is 6.10 Å². The number of benzene rings is 1. The minimum Gasteiger partial charge on any atom is -0.387 e. The molecular weight excluding hydrogens is 454 g/mol. The second kappa shape index (κ2) is 9.34. The molecule has 2 aromatic heterocycles. The monoisotopic (exact) mass is 483 g/mol. The Hall–Kier alpha value is -3.80. The molecule has 0 aliphatic carbocycles. The van der Waals surface area contributed by atoms with Gasteiger partial charge in [-0.25, -0.2) is 0 Å². The quantitative estimate of drug-likeness (QED) is 0.573. The molecule has 8 heteroatoms. The SMILES string of the molecule is Cc1ccc(NC(=O)c2ccnc(C(C)(C)C#N)c2)cc1-c1cnc2c(c1)N1CCOC[C@H]1C[C@H]2O. The maximum absolute atomic E-state index is 13.0. The van der Waals surface area contributed by atoms with E-state index >= 15 is 0 Å². The molecule has 8 nitrogen and oxygen atoms in total. The molecule has 0 bridgehead atoms. The Morgan fingerprint density at radius 3 is 2.89 bits per heavy atom. The number of morpholine rings is 1. The van der Waals surface area contributed by atoms with E-state index < -0.39 is 11.5 Å². The summed E-state index contributed by atoms with van der Waals surface area (Å²) in [5.41, 5.74) is 5.41. The number of aryl methyl sites for hydroxylation is 1. The Kier molecular flexibility index (Phi) is 6.20. The smallest absolute Gasteiger partial charge is 0.255 e. The molecular formula is C28H29N5O3. The lowest BCUT2D eigenvalue weighted by molar-refractivity contribution is 0.0597. The van der Waals surface area contributed by atoms with Gasteiger partial charge in [0.25, 0.3) is 5.91 Å². The van der Waals surface area contributed by atoms with Crippen LogP contribution in [0.1, 0.15) is 53.7 Å². The zero-order valence-corrected chi connectivity index (χ0v) is 20.7. The van der Waals surface area contributed by atoms with E-state index in [-0.39, 0.29) is 11.9 Å². The fourth-order valence-electron chi connectivity index (χ4n) is 4.82. The first-order valence-corrected chi connectivity index (χ1v) is 12.1. The lowest BCUT2D eigenvalue weighted by atomic mass is 9.90. The van der Waals surface area contributed by atoms with E-state index in [1.807, 2.05) is 25.1 Å². The van der Waals surface area contributed by atoms with Crippen molar-refractivity contribution in [2.45, 2.75) is 44.8 Å². The van der Waals surface area contributed by atoms with Crippen molar-refractivity contribution in [3.05, 3.63) is 71.3 Å². The van der Waals surface area contributed by atoms with Crippen LogP contribution in [0.25, 0.3) is 11.1 Å². The number of carbonyl (C=O) groups excluding carboxylic acids is 1. The van der Waals surface area contributed by atoms with Gasteiger partial charge in [-0.3, -0.25) is 14.8 Å². The van der Waals surface area contributed by atoms with Crippen LogP contribution in [0.3, 0.4) is 0 Å². The van der Waals surface area contributed by atoms with E-state index in [2.05, 4.69) is 32.3 Å². The van der Waals surface area contributed by atoms with Crippen molar-refractivity contribution in [1.82, 2.24) is 9.97 Å². The van der Waals surface area contributed by atoms with Crippen molar-refractivity contribution in [3.63, 3.8) is 0 Å². The minimum atomic E-state index is -0.792. The number of nitrogens with zero attached hydrogens (tertiary/aromatic N) is 4. The number of aromatic nitrogens is 2. The summed E-state index contributed by atoms with van der Waals surface area (Å²) in [4.78, 5) is 24.2. The van der Waals surface area contributed by atoms with Crippen LogP contribution >= 0.6 is 0 Å². The Morgan fingerprint density at radius 2 is 2.08 bits per heavy atom. The third kappa shape index (κ3) is 4.43. The van der Waals surface area contributed by atoms with Gasteiger partial charge < -0.3 is 20.1 Å². The molecule has 184 valence electrons. The predicted molar refractivity (Wildman–Crippen MR) is 137 cm³/mol. The van der Waals surface area contributed by atoms with E-state index in [4.69, 9.17) is 4.74 Å². The molecule has 3 aromatic rings. The maximum Gasteiger partial charge on any atom is 0.255 e. The third-order valence-corrected chi connectivity index (χ3v) is 6.99. The van der Waals surface area contributed by atoms with Crippen LogP contribution in [-0.4, -0.2) is 46.8 Å². The fraction of sp³-hybridized carbons (Fsp3) is 0.357. The number of fused-ring (bicyclic) bond motifs is 3. The summed E-state index contributed by atoms with van der Waals surface area (Å²) in [5, 5.41) is 23.0. The number of rotatable bonds is 4. The van der Waals surface area contributed by atoms with Crippen molar-refractivity contribution in [2.75, 3.05) is 30.0 Å². The molecule has 0 saturated carbocycles. The molecule has 1 amide bonds. The molecule has 5 rings (SSSR count). The van der Waals surface area contributed by atoms with Crippen LogP contribution in [0.4, 0.5) is 11.4 Å². The topological polar surface area (TPSA) is 111 Å². The van der Waals surface area contributed by atoms with Gasteiger partial charge >= 0.3 is 0 Å². The summed E-state index contributed by atoms with van der Waals surface area (Å²) < 4.78 is 5.62. The van der Waals surface area contributed by atoms with Gasteiger partial charge in [0.15, 0.2) is 0 Å². The van der Waals surface area contributed by atoms with Crippen LogP contribution in [0.15, 0.2) is 48.8 Å². The molecule has 2 atom stereocenters. The van der Waals surface area contributed by atoms with Gasteiger partial charge in [-0.1, -0.05) is 6.07 Å². The van der Waals surface area contributed by atoms with E-state index in [0.29, 0.717) is 42.3 Å². The molecule has 0 radical (unpaired) electrons. The number of ether oxygens (including phenoxy) is 1. The normalized spacial score (nSPS) is 19.1. The molecule has 0 unspecified atom stereocenters. The number of anilines is 2. The van der Waals surface area contributed by atoms with Gasteiger partial charge in [0.05, 0.1) is 47.8 Å². The van der Waals surface area contributed by atoms with Crippen molar-refractivity contribution >= 4 is 17.3 Å². The maximum atomic E-state index is 13.0. The summed E-state index contributed by atoms with van der Waals surface area (Å²) in [6.45, 7) is 7.58. The van der Waals surface area contributed by atoms with Crippen molar-refractivity contribution in [3.8, 4) is 17.2 Å². The summed E-state index contributed by atoms with van der Waals surface area (Å²) in [6.07, 6.45) is 3.34. The minimum absolute atomic E-state index is 0.140. The van der Waals surface area contributed by atoms with Gasteiger partial charge in [0.2, 0.25) is 0 Å². The number of hydrogen-bond donors (Lipinski definition) is 2. The Labute approximate surface area is 210 Å². The first-order chi connectivity index (χ1) is 17.3. The van der Waals surface area contributed by atoms with E-state index in [1.165, 1.54) is 0 Å². The lowest BCUT2D eigenvalue weighted by Gasteiger charge is -2.43. The van der Waals surface area contributed by atoms with E-state index in [0.717, 1.165) is 28.9 Å². The number of aliphatic hydroxyl groups is 1. The third-order valence-electron chi connectivity index (χ3n) is 6.99. The van der Waals surface area contributed by atoms with Gasteiger partial charge in [0, 0.05) is 42.2 Å². The lowest BCUT2D eigenvalue weighted by Crippen LogP contribution is -2.49. The molecule has 2 aliphatic rings. The highest BCUT2D eigenvalue weighted by Crippen LogP contribution is 2.39. The van der Waals surface area contributed by atoms with Crippen LogP contribution in [0.2, 0.25) is 0 Å². The summed E-state index contributed by atoms with van der Waals surface area (Å²) >= 11 is 0. The van der Waals surface area contributed by atoms with Crippen LogP contribution in [0, 0.1) is 18.3 Å². The van der Waals surface area contributed by atoms with Gasteiger partial charge in [-0.15, -0.1) is 0 Å². The number of amides is 1. The number of pyridine rings is 2. The van der Waals surface area contributed by atoms with Crippen molar-refractivity contribution in [2.24, 2.45) is 0 Å². The zero-order chi connectivity index (χ0) is 25.4. The molecule has 2 N–H and O–H groups in total. The number of nitriles is 1. The molecule has 1 fully saturated rings. The fourth-order valence-corrected chi connectivity index (χ4v) is 4.82. The highest BCUT2D eigenvalue weighted by atomic mass is 16.5. The molecule has 2 aliphatic heterocycles. The molecule has 1 aromatic carbocycles. The second-order valence-electron chi connectivity index (χ2n) is 9.95.